The molecule has 1 unspecified atom stereocenters. The lowest BCUT2D eigenvalue weighted by Gasteiger charge is -2.18. The first-order valence-electron chi connectivity index (χ1n) is 7.24. The van der Waals surface area contributed by atoms with Crippen molar-refractivity contribution in [1.29, 1.82) is 0 Å². The molecule has 1 aliphatic rings. The number of ether oxygens (including phenoxy) is 1. The van der Waals surface area contributed by atoms with E-state index in [1.165, 1.54) is 6.07 Å². The van der Waals surface area contributed by atoms with Crippen LogP contribution in [0.25, 0.3) is 0 Å². The Hall–Kier alpha value is -2.42. The summed E-state index contributed by atoms with van der Waals surface area (Å²) in [6.07, 6.45) is 0.395. The molecule has 124 valence electrons. The predicted molar refractivity (Wildman–Crippen MR) is 89.5 cm³/mol. The Morgan fingerprint density at radius 3 is 2.96 bits per heavy atom. The van der Waals surface area contributed by atoms with Crippen LogP contribution in [0.2, 0.25) is 0 Å². The maximum atomic E-state index is 11.6. The highest BCUT2D eigenvalue weighted by Gasteiger charge is 2.27. The summed E-state index contributed by atoms with van der Waals surface area (Å²) in [4.78, 5) is 23.7. The van der Waals surface area contributed by atoms with Crippen LogP contribution in [0.4, 0.5) is 16.2 Å². The number of carbonyl (C=O) groups is 1. The summed E-state index contributed by atoms with van der Waals surface area (Å²) in [5.41, 5.74) is 0.284. The van der Waals surface area contributed by atoms with Crippen molar-refractivity contribution in [3.63, 3.8) is 0 Å². The summed E-state index contributed by atoms with van der Waals surface area (Å²) in [7, 11) is 0. The van der Waals surface area contributed by atoms with E-state index in [0.717, 1.165) is 6.42 Å². The van der Waals surface area contributed by atoms with Gasteiger partial charge in [0, 0.05) is 25.2 Å². The lowest BCUT2D eigenvalue weighted by Crippen LogP contribution is -2.40. The topological polar surface area (TPSA) is 96.7 Å². The molecule has 8 nitrogen and oxygen atoms in total. The van der Waals surface area contributed by atoms with E-state index in [-0.39, 0.29) is 22.9 Å². The molecule has 0 saturated carbocycles. The number of thiocarbonyl (C=S) groups is 1. The van der Waals surface area contributed by atoms with Crippen LogP contribution in [0.1, 0.15) is 13.3 Å². The van der Waals surface area contributed by atoms with Crippen LogP contribution in [0.15, 0.2) is 24.3 Å². The minimum absolute atomic E-state index is 0.0119. The van der Waals surface area contributed by atoms with Gasteiger partial charge in [0.1, 0.15) is 5.69 Å². The quantitative estimate of drug-likeness (QED) is 0.493. The van der Waals surface area contributed by atoms with Crippen molar-refractivity contribution in [3.8, 4) is 0 Å². The van der Waals surface area contributed by atoms with Crippen molar-refractivity contribution in [2.75, 3.05) is 25.0 Å². The SMILES string of the molecule is CCOC(=O)N1CCC(NC(=S)Nc2ccccc2[N+](=O)[O-])C1. The second-order valence-electron chi connectivity index (χ2n) is 5.00. The maximum Gasteiger partial charge on any atom is 0.409 e. The molecular formula is C14H18N4O4S. The fourth-order valence-corrected chi connectivity index (χ4v) is 2.62. The first kappa shape index (κ1) is 16.9. The Balaban J connectivity index is 1.89. The standard InChI is InChI=1S/C14H18N4O4S/c1-2-22-14(19)17-8-7-10(9-17)15-13(23)16-11-5-3-4-6-12(11)18(20)21/h3-6,10H,2,7-9H2,1H3,(H2,15,16,23). The molecule has 1 atom stereocenters. The van der Waals surface area contributed by atoms with E-state index in [1.807, 2.05) is 0 Å². The van der Waals surface area contributed by atoms with Crippen LogP contribution >= 0.6 is 12.2 Å². The second kappa shape index (κ2) is 7.73. The smallest absolute Gasteiger partial charge is 0.409 e. The number of para-hydroxylation sites is 2. The first-order chi connectivity index (χ1) is 11.0. The number of amides is 1. The van der Waals surface area contributed by atoms with E-state index < -0.39 is 4.92 Å². The molecule has 0 radical (unpaired) electrons. The van der Waals surface area contributed by atoms with Crippen LogP contribution in [0.3, 0.4) is 0 Å². The fourth-order valence-electron chi connectivity index (χ4n) is 2.34. The van der Waals surface area contributed by atoms with Crippen molar-refractivity contribution in [3.05, 3.63) is 34.4 Å². The van der Waals surface area contributed by atoms with Gasteiger partial charge in [0.05, 0.1) is 11.5 Å². The van der Waals surface area contributed by atoms with Gasteiger partial charge in [-0.2, -0.15) is 0 Å². The number of nitrogens with zero attached hydrogens (tertiary/aromatic N) is 2. The Labute approximate surface area is 138 Å². The molecule has 1 saturated heterocycles. The van der Waals surface area contributed by atoms with Gasteiger partial charge in [-0.1, -0.05) is 12.1 Å². The summed E-state index contributed by atoms with van der Waals surface area (Å²) in [5, 5.41) is 17.2. The van der Waals surface area contributed by atoms with Gasteiger partial charge in [0.25, 0.3) is 5.69 Å². The zero-order valence-corrected chi connectivity index (χ0v) is 13.5. The zero-order chi connectivity index (χ0) is 16.8. The van der Waals surface area contributed by atoms with E-state index in [1.54, 1.807) is 30.0 Å². The van der Waals surface area contributed by atoms with Gasteiger partial charge < -0.3 is 20.3 Å². The van der Waals surface area contributed by atoms with Crippen molar-refractivity contribution in [2.45, 2.75) is 19.4 Å². The summed E-state index contributed by atoms with van der Waals surface area (Å²) in [6.45, 7) is 3.17. The van der Waals surface area contributed by atoms with E-state index in [0.29, 0.717) is 25.4 Å². The molecule has 1 aromatic rings. The lowest BCUT2D eigenvalue weighted by molar-refractivity contribution is -0.383. The van der Waals surface area contributed by atoms with Gasteiger partial charge in [0.15, 0.2) is 5.11 Å². The van der Waals surface area contributed by atoms with Crippen LogP contribution in [0, 0.1) is 10.1 Å². The van der Waals surface area contributed by atoms with Crippen LogP contribution in [-0.4, -0.2) is 46.8 Å². The van der Waals surface area contributed by atoms with Crippen molar-refractivity contribution >= 4 is 34.8 Å². The number of benzene rings is 1. The maximum absolute atomic E-state index is 11.6. The number of anilines is 1. The molecule has 1 aliphatic heterocycles. The molecule has 2 N–H and O–H groups in total. The molecule has 0 spiro atoms. The van der Waals surface area contributed by atoms with Gasteiger partial charge in [-0.25, -0.2) is 4.79 Å². The second-order valence-corrected chi connectivity index (χ2v) is 5.41. The van der Waals surface area contributed by atoms with E-state index in [4.69, 9.17) is 17.0 Å². The first-order valence-corrected chi connectivity index (χ1v) is 7.64. The average Bonchev–Trinajstić information content (AvgIpc) is 2.96. The number of rotatable bonds is 4. The van der Waals surface area contributed by atoms with Crippen molar-refractivity contribution in [2.24, 2.45) is 0 Å². The Kier molecular flexibility index (Phi) is 5.69. The zero-order valence-electron chi connectivity index (χ0n) is 12.7. The lowest BCUT2D eigenvalue weighted by atomic mass is 10.2. The van der Waals surface area contributed by atoms with Crippen molar-refractivity contribution in [1.82, 2.24) is 10.2 Å². The van der Waals surface area contributed by atoms with E-state index >= 15 is 0 Å². The van der Waals surface area contributed by atoms with E-state index in [9.17, 15) is 14.9 Å². The van der Waals surface area contributed by atoms with Crippen molar-refractivity contribution < 1.29 is 14.5 Å². The summed E-state index contributed by atoms with van der Waals surface area (Å²) >= 11 is 5.19. The van der Waals surface area contributed by atoms with Gasteiger partial charge in [0.2, 0.25) is 0 Å². The number of likely N-dealkylation sites (tertiary alicyclic amines) is 1. The molecular weight excluding hydrogens is 320 g/mol. The summed E-state index contributed by atoms with van der Waals surface area (Å²) < 4.78 is 4.95. The number of carbonyl (C=O) groups excluding carboxylic acids is 1. The monoisotopic (exact) mass is 338 g/mol. The Bertz CT molecular complexity index is 610. The normalized spacial score (nSPS) is 16.7. The highest BCUT2D eigenvalue weighted by atomic mass is 32.1. The summed E-state index contributed by atoms with van der Waals surface area (Å²) in [5.74, 6) is 0. The minimum Gasteiger partial charge on any atom is -0.450 e. The third-order valence-electron chi connectivity index (χ3n) is 3.40. The number of hydrogen-bond donors (Lipinski definition) is 2. The minimum atomic E-state index is -0.469. The molecule has 2 rings (SSSR count). The van der Waals surface area contributed by atoms with Gasteiger partial charge in [-0.3, -0.25) is 10.1 Å². The molecule has 0 aromatic heterocycles. The highest BCUT2D eigenvalue weighted by molar-refractivity contribution is 7.80. The molecule has 1 aromatic carbocycles. The predicted octanol–water partition coefficient (Wildman–Crippen LogP) is 2.11. The average molecular weight is 338 g/mol. The molecule has 23 heavy (non-hydrogen) atoms. The number of nitro benzene ring substituents is 1. The Morgan fingerprint density at radius 1 is 1.52 bits per heavy atom. The largest absolute Gasteiger partial charge is 0.450 e. The molecule has 0 bridgehead atoms. The third kappa shape index (κ3) is 4.52. The fraction of sp³-hybridized carbons (Fsp3) is 0.429. The van der Waals surface area contributed by atoms with Gasteiger partial charge in [-0.15, -0.1) is 0 Å². The van der Waals surface area contributed by atoms with Crippen LogP contribution < -0.4 is 10.6 Å². The number of hydrogen-bond acceptors (Lipinski definition) is 5. The molecule has 0 aliphatic carbocycles. The Morgan fingerprint density at radius 2 is 2.26 bits per heavy atom. The molecule has 1 heterocycles. The molecule has 9 heteroatoms. The van der Waals surface area contributed by atoms with E-state index in [2.05, 4.69) is 10.6 Å². The van der Waals surface area contributed by atoms with Gasteiger partial charge >= 0.3 is 6.09 Å². The molecule has 1 amide bonds. The van der Waals surface area contributed by atoms with Crippen LogP contribution in [0.5, 0.6) is 0 Å². The molecule has 1 fully saturated rings. The van der Waals surface area contributed by atoms with Crippen LogP contribution in [-0.2, 0) is 4.74 Å². The number of nitro groups is 1. The number of nitrogens with one attached hydrogen (secondary N) is 2. The highest BCUT2D eigenvalue weighted by Crippen LogP contribution is 2.23. The third-order valence-corrected chi connectivity index (χ3v) is 3.62. The summed E-state index contributed by atoms with van der Waals surface area (Å²) in [6, 6.07) is 6.26. The van der Waals surface area contributed by atoms with Gasteiger partial charge in [-0.05, 0) is 31.6 Å².